The summed E-state index contributed by atoms with van der Waals surface area (Å²) in [5, 5.41) is 3.20. The lowest BCUT2D eigenvalue weighted by molar-refractivity contribution is -0.120. The number of carbonyl (C=O) groups excluding carboxylic acids is 1. The molecule has 11 heavy (non-hydrogen) atoms. The second-order valence-electron chi connectivity index (χ2n) is 3.97. The molecule has 0 aromatic heterocycles. The molecule has 1 aliphatic rings. The minimum absolute atomic E-state index is 0. The van der Waals surface area contributed by atoms with Crippen molar-refractivity contribution in [2.75, 3.05) is 6.54 Å². The Labute approximate surface area is 74.2 Å². The zero-order valence-electron chi connectivity index (χ0n) is 7.31. The first kappa shape index (κ1) is 10.9. The summed E-state index contributed by atoms with van der Waals surface area (Å²) in [4.78, 5) is 11.2. The summed E-state index contributed by atoms with van der Waals surface area (Å²) in [5.74, 6) is 0.368. The van der Waals surface area contributed by atoms with Crippen LogP contribution in [0.25, 0.3) is 0 Å². The van der Waals surface area contributed by atoms with Crippen molar-refractivity contribution in [3.63, 3.8) is 0 Å². The van der Waals surface area contributed by atoms with Crippen LogP contribution in [0.1, 0.15) is 27.2 Å². The molecule has 1 rings (SSSR count). The zero-order chi connectivity index (χ0) is 7.78. The van der Waals surface area contributed by atoms with Crippen LogP contribution in [0.15, 0.2) is 0 Å². The molecule has 0 saturated carbocycles. The Hall–Kier alpha value is -0.0800. The van der Waals surface area contributed by atoms with Crippen molar-refractivity contribution < 1.29 is 4.79 Å². The van der Waals surface area contributed by atoms with Crippen LogP contribution in [0.2, 0.25) is 0 Å². The number of halogens is 1. The van der Waals surface area contributed by atoms with Crippen LogP contribution >= 0.6 is 12.4 Å². The maximum absolute atomic E-state index is 11.2. The van der Waals surface area contributed by atoms with Crippen molar-refractivity contribution in [2.24, 2.45) is 5.41 Å². The van der Waals surface area contributed by atoms with E-state index in [1.165, 1.54) is 0 Å². The van der Waals surface area contributed by atoms with Crippen LogP contribution in [-0.4, -0.2) is 18.4 Å². The molecular weight excluding hydrogens is 162 g/mol. The molecule has 0 bridgehead atoms. The van der Waals surface area contributed by atoms with Gasteiger partial charge in [0.05, 0.1) is 6.04 Å². The van der Waals surface area contributed by atoms with Crippen molar-refractivity contribution in [2.45, 2.75) is 33.2 Å². The Morgan fingerprint density at radius 2 is 2.00 bits per heavy atom. The molecule has 1 N–H and O–H groups in total. The third-order valence-electron chi connectivity index (χ3n) is 1.91. The molecule has 0 amide bonds. The summed E-state index contributed by atoms with van der Waals surface area (Å²) in [6, 6.07) is 0.0903. The molecule has 1 unspecified atom stereocenters. The zero-order valence-corrected chi connectivity index (χ0v) is 8.12. The summed E-state index contributed by atoms with van der Waals surface area (Å²) in [5.41, 5.74) is 0.0909. The van der Waals surface area contributed by atoms with Crippen LogP contribution < -0.4 is 5.32 Å². The Kier molecular flexibility index (Phi) is 3.52. The van der Waals surface area contributed by atoms with Gasteiger partial charge in [0, 0.05) is 13.0 Å². The molecule has 0 aromatic rings. The fourth-order valence-electron chi connectivity index (χ4n) is 1.39. The molecule has 3 heteroatoms. The summed E-state index contributed by atoms with van der Waals surface area (Å²) in [6.45, 7) is 7.14. The maximum atomic E-state index is 11.2. The van der Waals surface area contributed by atoms with E-state index in [2.05, 4.69) is 26.1 Å². The van der Waals surface area contributed by atoms with Gasteiger partial charge in [-0.05, 0) is 5.41 Å². The smallest absolute Gasteiger partial charge is 0.151 e. The molecule has 1 heterocycles. The van der Waals surface area contributed by atoms with Gasteiger partial charge in [0.15, 0.2) is 5.78 Å². The lowest BCUT2D eigenvalue weighted by atomic mass is 9.85. The van der Waals surface area contributed by atoms with Crippen LogP contribution in [0.4, 0.5) is 0 Å². The summed E-state index contributed by atoms with van der Waals surface area (Å²) in [6.07, 6.45) is 0.710. The van der Waals surface area contributed by atoms with Crippen LogP contribution in [0, 0.1) is 5.41 Å². The van der Waals surface area contributed by atoms with E-state index in [9.17, 15) is 4.79 Å². The second kappa shape index (κ2) is 3.55. The predicted octanol–water partition coefficient (Wildman–Crippen LogP) is 1.39. The van der Waals surface area contributed by atoms with Crippen molar-refractivity contribution in [1.82, 2.24) is 5.32 Å². The van der Waals surface area contributed by atoms with Gasteiger partial charge in [0.1, 0.15) is 0 Å². The minimum Gasteiger partial charge on any atom is -0.307 e. The SMILES string of the molecule is CC(C)(C)C1NCCC1=O.Cl. The molecule has 0 aliphatic carbocycles. The Morgan fingerprint density at radius 3 is 2.18 bits per heavy atom. The van der Waals surface area contributed by atoms with Gasteiger partial charge in [0.25, 0.3) is 0 Å². The first-order valence-electron chi connectivity index (χ1n) is 3.78. The van der Waals surface area contributed by atoms with E-state index in [1.54, 1.807) is 0 Å². The fraction of sp³-hybridized carbons (Fsp3) is 0.875. The number of hydrogen-bond acceptors (Lipinski definition) is 2. The van der Waals surface area contributed by atoms with E-state index in [1.807, 2.05) is 0 Å². The monoisotopic (exact) mass is 177 g/mol. The number of ketones is 1. The van der Waals surface area contributed by atoms with E-state index in [0.29, 0.717) is 12.2 Å². The number of hydrogen-bond donors (Lipinski definition) is 1. The number of nitrogens with one attached hydrogen (secondary N) is 1. The standard InChI is InChI=1S/C8H15NO.ClH/c1-8(2,3)7-6(10)4-5-9-7;/h7,9H,4-5H2,1-3H3;1H. The number of carbonyl (C=O) groups is 1. The van der Waals surface area contributed by atoms with Gasteiger partial charge in [0.2, 0.25) is 0 Å². The highest BCUT2D eigenvalue weighted by Crippen LogP contribution is 2.23. The van der Waals surface area contributed by atoms with E-state index in [4.69, 9.17) is 0 Å². The maximum Gasteiger partial charge on any atom is 0.151 e. The molecule has 0 aromatic carbocycles. The van der Waals surface area contributed by atoms with Gasteiger partial charge in [-0.25, -0.2) is 0 Å². The third-order valence-corrected chi connectivity index (χ3v) is 1.91. The summed E-state index contributed by atoms with van der Waals surface area (Å²) >= 11 is 0. The topological polar surface area (TPSA) is 29.1 Å². The highest BCUT2D eigenvalue weighted by molar-refractivity contribution is 5.86. The summed E-state index contributed by atoms with van der Waals surface area (Å²) in [7, 11) is 0. The molecule has 0 radical (unpaired) electrons. The molecule has 1 aliphatic heterocycles. The van der Waals surface area contributed by atoms with Gasteiger partial charge in [-0.3, -0.25) is 4.79 Å². The Bertz CT molecular complexity index is 151. The average molecular weight is 178 g/mol. The molecule has 0 spiro atoms. The van der Waals surface area contributed by atoms with Gasteiger partial charge in [-0.1, -0.05) is 20.8 Å². The van der Waals surface area contributed by atoms with Crippen molar-refractivity contribution >= 4 is 18.2 Å². The van der Waals surface area contributed by atoms with Gasteiger partial charge >= 0.3 is 0 Å². The van der Waals surface area contributed by atoms with E-state index in [-0.39, 0.29) is 23.9 Å². The van der Waals surface area contributed by atoms with Crippen LogP contribution in [0.5, 0.6) is 0 Å². The molecule has 1 fully saturated rings. The van der Waals surface area contributed by atoms with Crippen molar-refractivity contribution in [3.8, 4) is 0 Å². The first-order chi connectivity index (χ1) is 4.52. The van der Waals surface area contributed by atoms with Crippen molar-refractivity contribution in [1.29, 1.82) is 0 Å². The highest BCUT2D eigenvalue weighted by Gasteiger charge is 2.33. The third kappa shape index (κ3) is 2.46. The average Bonchev–Trinajstić information content (AvgIpc) is 2.11. The predicted molar refractivity (Wildman–Crippen MR) is 48.1 cm³/mol. The summed E-state index contributed by atoms with van der Waals surface area (Å²) < 4.78 is 0. The molecule has 66 valence electrons. The Morgan fingerprint density at radius 1 is 1.45 bits per heavy atom. The fourth-order valence-corrected chi connectivity index (χ4v) is 1.39. The lowest BCUT2D eigenvalue weighted by Crippen LogP contribution is -2.39. The Balaban J connectivity index is 0.000001000. The minimum atomic E-state index is 0. The van der Waals surface area contributed by atoms with Gasteiger partial charge in [-0.15, -0.1) is 12.4 Å². The van der Waals surface area contributed by atoms with Gasteiger partial charge < -0.3 is 5.32 Å². The molecule has 1 atom stereocenters. The van der Waals surface area contributed by atoms with Crippen LogP contribution in [-0.2, 0) is 4.79 Å². The largest absolute Gasteiger partial charge is 0.307 e. The van der Waals surface area contributed by atoms with E-state index in [0.717, 1.165) is 6.54 Å². The number of rotatable bonds is 0. The normalized spacial score (nSPS) is 25.0. The molecule has 2 nitrogen and oxygen atoms in total. The quantitative estimate of drug-likeness (QED) is 0.606. The molecular formula is C8H16ClNO. The van der Waals surface area contributed by atoms with Crippen molar-refractivity contribution in [3.05, 3.63) is 0 Å². The van der Waals surface area contributed by atoms with E-state index >= 15 is 0 Å². The first-order valence-corrected chi connectivity index (χ1v) is 3.78. The highest BCUT2D eigenvalue weighted by atomic mass is 35.5. The van der Waals surface area contributed by atoms with E-state index < -0.39 is 0 Å². The van der Waals surface area contributed by atoms with Crippen LogP contribution in [0.3, 0.4) is 0 Å². The van der Waals surface area contributed by atoms with Gasteiger partial charge in [-0.2, -0.15) is 0 Å². The lowest BCUT2D eigenvalue weighted by Gasteiger charge is -2.25. The second-order valence-corrected chi connectivity index (χ2v) is 3.97. The molecule has 1 saturated heterocycles. The number of Topliss-reactive ketones (excluding diaryl/α,β-unsaturated/α-hetero) is 1.